The molecule has 1 atom stereocenters. The number of aliphatic hydroxyl groups excluding tert-OH is 1. The maximum atomic E-state index is 9.23. The molecule has 0 spiro atoms. The zero-order chi connectivity index (χ0) is 13.0. The van der Waals surface area contributed by atoms with Gasteiger partial charge in [-0.2, -0.15) is 0 Å². The van der Waals surface area contributed by atoms with Gasteiger partial charge in [0.25, 0.3) is 0 Å². The van der Waals surface area contributed by atoms with Crippen LogP contribution in [0, 0.1) is 0 Å². The Morgan fingerprint density at radius 1 is 1.39 bits per heavy atom. The molecule has 4 heteroatoms. The summed E-state index contributed by atoms with van der Waals surface area (Å²) in [6.07, 6.45) is 2.61. The highest BCUT2D eigenvalue weighted by Crippen LogP contribution is 2.25. The van der Waals surface area contributed by atoms with Crippen molar-refractivity contribution in [1.29, 1.82) is 0 Å². The van der Waals surface area contributed by atoms with Crippen molar-refractivity contribution in [3.8, 4) is 5.75 Å². The number of rotatable bonds is 5. The van der Waals surface area contributed by atoms with Crippen LogP contribution in [0.4, 0.5) is 5.82 Å². The largest absolute Gasteiger partial charge is 0.497 e. The van der Waals surface area contributed by atoms with E-state index in [4.69, 9.17) is 4.74 Å². The number of benzene rings is 1. The van der Waals surface area contributed by atoms with Crippen molar-refractivity contribution in [1.82, 2.24) is 4.98 Å². The molecule has 2 rings (SSSR count). The first-order valence-corrected chi connectivity index (χ1v) is 6.08. The number of methoxy groups -OCH3 is 1. The SMILES string of the molecule is CCC(CO)Nc1nccc2cc(OC)ccc12. The van der Waals surface area contributed by atoms with Gasteiger partial charge in [-0.3, -0.25) is 0 Å². The normalized spacial score (nSPS) is 12.4. The molecule has 1 aromatic carbocycles. The highest BCUT2D eigenvalue weighted by Gasteiger charge is 2.08. The monoisotopic (exact) mass is 246 g/mol. The van der Waals surface area contributed by atoms with Crippen LogP contribution in [-0.4, -0.2) is 29.8 Å². The molecular weight excluding hydrogens is 228 g/mol. The number of hydrogen-bond donors (Lipinski definition) is 2. The van der Waals surface area contributed by atoms with E-state index in [1.165, 1.54) is 0 Å². The topological polar surface area (TPSA) is 54.4 Å². The van der Waals surface area contributed by atoms with Crippen LogP contribution in [0.3, 0.4) is 0 Å². The lowest BCUT2D eigenvalue weighted by Crippen LogP contribution is -2.23. The summed E-state index contributed by atoms with van der Waals surface area (Å²) in [6.45, 7) is 2.13. The Morgan fingerprint density at radius 2 is 2.22 bits per heavy atom. The molecule has 0 saturated heterocycles. The summed E-state index contributed by atoms with van der Waals surface area (Å²) in [6, 6.07) is 7.85. The number of aliphatic hydroxyl groups is 1. The Bertz CT molecular complexity index is 524. The van der Waals surface area contributed by atoms with Gasteiger partial charge in [0.15, 0.2) is 0 Å². The molecule has 1 heterocycles. The Labute approximate surface area is 107 Å². The van der Waals surface area contributed by atoms with E-state index in [9.17, 15) is 5.11 Å². The molecule has 0 fully saturated rings. The van der Waals surface area contributed by atoms with Crippen LogP contribution in [0.5, 0.6) is 5.75 Å². The van der Waals surface area contributed by atoms with E-state index in [1.54, 1.807) is 13.3 Å². The smallest absolute Gasteiger partial charge is 0.134 e. The first-order chi connectivity index (χ1) is 8.78. The minimum atomic E-state index is 0.0326. The molecule has 96 valence electrons. The molecule has 0 saturated carbocycles. The number of aromatic nitrogens is 1. The fraction of sp³-hybridized carbons (Fsp3) is 0.357. The van der Waals surface area contributed by atoms with Crippen LogP contribution in [0.1, 0.15) is 13.3 Å². The molecule has 2 aromatic rings. The molecule has 0 aliphatic carbocycles. The first kappa shape index (κ1) is 12.6. The molecule has 4 nitrogen and oxygen atoms in total. The lowest BCUT2D eigenvalue weighted by atomic mass is 10.1. The maximum absolute atomic E-state index is 9.23. The second-order valence-corrected chi connectivity index (χ2v) is 4.18. The molecular formula is C14H18N2O2. The van der Waals surface area contributed by atoms with Crippen LogP contribution >= 0.6 is 0 Å². The highest BCUT2D eigenvalue weighted by atomic mass is 16.5. The van der Waals surface area contributed by atoms with Gasteiger partial charge in [0.05, 0.1) is 19.8 Å². The lowest BCUT2D eigenvalue weighted by Gasteiger charge is -2.16. The van der Waals surface area contributed by atoms with Crippen LogP contribution in [-0.2, 0) is 0 Å². The molecule has 0 aliphatic rings. The third-order valence-electron chi connectivity index (χ3n) is 3.03. The Hall–Kier alpha value is -1.81. The third-order valence-corrected chi connectivity index (χ3v) is 3.03. The highest BCUT2D eigenvalue weighted by molar-refractivity contribution is 5.92. The van der Waals surface area contributed by atoms with Crippen molar-refractivity contribution in [2.75, 3.05) is 19.0 Å². The zero-order valence-electron chi connectivity index (χ0n) is 10.7. The van der Waals surface area contributed by atoms with E-state index >= 15 is 0 Å². The average Bonchev–Trinajstić information content (AvgIpc) is 2.44. The van der Waals surface area contributed by atoms with Crippen LogP contribution < -0.4 is 10.1 Å². The van der Waals surface area contributed by atoms with Crippen molar-refractivity contribution < 1.29 is 9.84 Å². The van der Waals surface area contributed by atoms with E-state index < -0.39 is 0 Å². The standard InChI is InChI=1S/C14H18N2O2/c1-3-11(9-17)16-14-13-5-4-12(18-2)8-10(13)6-7-15-14/h4-8,11,17H,3,9H2,1-2H3,(H,15,16). The molecule has 2 N–H and O–H groups in total. The summed E-state index contributed by atoms with van der Waals surface area (Å²) < 4.78 is 5.20. The number of fused-ring (bicyclic) bond motifs is 1. The number of hydrogen-bond acceptors (Lipinski definition) is 4. The Kier molecular flexibility index (Phi) is 3.99. The van der Waals surface area contributed by atoms with Gasteiger partial charge in [-0.25, -0.2) is 4.98 Å². The molecule has 1 unspecified atom stereocenters. The fourth-order valence-electron chi connectivity index (χ4n) is 1.87. The van der Waals surface area contributed by atoms with Crippen molar-refractivity contribution in [3.63, 3.8) is 0 Å². The van der Waals surface area contributed by atoms with Crippen molar-refractivity contribution in [2.45, 2.75) is 19.4 Å². The summed E-state index contributed by atoms with van der Waals surface area (Å²) in [5.74, 6) is 1.63. The first-order valence-electron chi connectivity index (χ1n) is 6.08. The van der Waals surface area contributed by atoms with E-state index in [0.717, 1.165) is 28.8 Å². The van der Waals surface area contributed by atoms with Crippen molar-refractivity contribution in [3.05, 3.63) is 30.5 Å². The summed E-state index contributed by atoms with van der Waals surface area (Å²) in [7, 11) is 1.65. The number of ether oxygens (including phenoxy) is 1. The molecule has 0 aliphatic heterocycles. The van der Waals surface area contributed by atoms with Crippen LogP contribution in [0.2, 0.25) is 0 Å². The molecule has 0 radical (unpaired) electrons. The van der Waals surface area contributed by atoms with Crippen molar-refractivity contribution in [2.24, 2.45) is 0 Å². The summed E-state index contributed by atoms with van der Waals surface area (Å²) in [5.41, 5.74) is 0. The van der Waals surface area contributed by atoms with Gasteiger partial charge in [-0.05, 0) is 36.1 Å². The third kappa shape index (κ3) is 2.54. The van der Waals surface area contributed by atoms with Gasteiger partial charge in [0.1, 0.15) is 11.6 Å². The Balaban J connectivity index is 2.39. The van der Waals surface area contributed by atoms with Gasteiger partial charge >= 0.3 is 0 Å². The van der Waals surface area contributed by atoms with E-state index in [0.29, 0.717) is 0 Å². The summed E-state index contributed by atoms with van der Waals surface area (Å²) in [4.78, 5) is 4.34. The van der Waals surface area contributed by atoms with Gasteiger partial charge in [0.2, 0.25) is 0 Å². The maximum Gasteiger partial charge on any atom is 0.134 e. The molecule has 0 bridgehead atoms. The van der Waals surface area contributed by atoms with E-state index in [1.807, 2.05) is 31.2 Å². The number of pyridine rings is 1. The minimum absolute atomic E-state index is 0.0326. The molecule has 0 amide bonds. The van der Waals surface area contributed by atoms with Gasteiger partial charge < -0.3 is 15.2 Å². The summed E-state index contributed by atoms with van der Waals surface area (Å²) >= 11 is 0. The zero-order valence-corrected chi connectivity index (χ0v) is 10.7. The van der Waals surface area contributed by atoms with Crippen LogP contribution in [0.25, 0.3) is 10.8 Å². The van der Waals surface area contributed by atoms with Crippen LogP contribution in [0.15, 0.2) is 30.5 Å². The Morgan fingerprint density at radius 3 is 2.89 bits per heavy atom. The molecule has 1 aromatic heterocycles. The molecule has 18 heavy (non-hydrogen) atoms. The summed E-state index contributed by atoms with van der Waals surface area (Å²) in [5, 5.41) is 14.6. The second kappa shape index (κ2) is 5.69. The van der Waals surface area contributed by atoms with E-state index in [2.05, 4.69) is 10.3 Å². The predicted octanol–water partition coefficient (Wildman–Crippen LogP) is 2.43. The minimum Gasteiger partial charge on any atom is -0.497 e. The lowest BCUT2D eigenvalue weighted by molar-refractivity contribution is 0.271. The number of anilines is 1. The van der Waals surface area contributed by atoms with Crippen molar-refractivity contribution >= 4 is 16.6 Å². The number of nitrogens with zero attached hydrogens (tertiary/aromatic N) is 1. The van der Waals surface area contributed by atoms with Gasteiger partial charge in [-0.15, -0.1) is 0 Å². The van der Waals surface area contributed by atoms with E-state index in [-0.39, 0.29) is 12.6 Å². The quantitative estimate of drug-likeness (QED) is 0.850. The number of nitrogens with one attached hydrogen (secondary N) is 1. The average molecular weight is 246 g/mol. The second-order valence-electron chi connectivity index (χ2n) is 4.18. The van der Waals surface area contributed by atoms with Gasteiger partial charge in [-0.1, -0.05) is 6.92 Å². The van der Waals surface area contributed by atoms with Gasteiger partial charge in [0, 0.05) is 11.6 Å². The predicted molar refractivity (Wildman–Crippen MR) is 73.1 cm³/mol. The fourth-order valence-corrected chi connectivity index (χ4v) is 1.87.